The second-order valence-electron chi connectivity index (χ2n) is 3.76. The van der Waals surface area contributed by atoms with Crippen LogP contribution in [0.5, 0.6) is 0 Å². The minimum absolute atomic E-state index is 0.0703. The lowest BCUT2D eigenvalue weighted by Crippen LogP contribution is -2.04. The van der Waals surface area contributed by atoms with Crippen LogP contribution in [0.2, 0.25) is 10.0 Å². The van der Waals surface area contributed by atoms with E-state index in [1.165, 1.54) is 18.2 Å². The molecular weight excluding hydrogens is 300 g/mol. The average molecular weight is 307 g/mol. The number of rotatable bonds is 1. The predicted molar refractivity (Wildman–Crippen MR) is 69.1 cm³/mol. The number of hydrogen-bond donors (Lipinski definition) is 1. The lowest BCUT2D eigenvalue weighted by atomic mass is 10.1. The molecule has 0 fully saturated rings. The van der Waals surface area contributed by atoms with Crippen molar-refractivity contribution in [3.05, 3.63) is 45.9 Å². The van der Waals surface area contributed by atoms with Crippen molar-refractivity contribution in [2.45, 2.75) is 6.18 Å². The molecule has 0 radical (unpaired) electrons. The normalized spacial score (nSPS) is 11.6. The van der Waals surface area contributed by atoms with Gasteiger partial charge in [-0.25, -0.2) is 4.98 Å². The van der Waals surface area contributed by atoms with Gasteiger partial charge in [0.05, 0.1) is 21.3 Å². The van der Waals surface area contributed by atoms with E-state index in [-0.39, 0.29) is 21.6 Å². The third-order valence-corrected chi connectivity index (χ3v) is 3.03. The van der Waals surface area contributed by atoms with E-state index in [1.807, 2.05) is 0 Å². The van der Waals surface area contributed by atoms with Gasteiger partial charge >= 0.3 is 6.18 Å². The molecule has 0 aliphatic heterocycles. The van der Waals surface area contributed by atoms with Crippen LogP contribution in [0.1, 0.15) is 5.56 Å². The van der Waals surface area contributed by atoms with Crippen molar-refractivity contribution < 1.29 is 13.2 Å². The van der Waals surface area contributed by atoms with Crippen molar-refractivity contribution in [1.29, 1.82) is 0 Å². The topological polar surface area (TPSA) is 38.9 Å². The second kappa shape index (κ2) is 4.90. The molecule has 1 heterocycles. The summed E-state index contributed by atoms with van der Waals surface area (Å²) >= 11 is 11.7. The van der Waals surface area contributed by atoms with Gasteiger partial charge in [0, 0.05) is 5.56 Å². The standard InChI is InChI=1S/C12H7Cl2F3N2/c13-8-5-9(14)11(18)19-10(8)6-1-3-7(4-2-6)12(15,16)17/h1-5H,(H2,18,19). The number of nitrogens with zero attached hydrogens (tertiary/aromatic N) is 1. The fraction of sp³-hybridized carbons (Fsp3) is 0.0833. The van der Waals surface area contributed by atoms with Crippen LogP contribution < -0.4 is 5.73 Å². The van der Waals surface area contributed by atoms with Crippen LogP contribution in [-0.2, 0) is 6.18 Å². The van der Waals surface area contributed by atoms with Crippen LogP contribution in [0.4, 0.5) is 19.0 Å². The van der Waals surface area contributed by atoms with Gasteiger partial charge in [-0.2, -0.15) is 13.2 Å². The summed E-state index contributed by atoms with van der Waals surface area (Å²) in [4.78, 5) is 3.97. The lowest BCUT2D eigenvalue weighted by molar-refractivity contribution is -0.137. The van der Waals surface area contributed by atoms with Crippen LogP contribution in [0.25, 0.3) is 11.3 Å². The third-order valence-electron chi connectivity index (χ3n) is 2.44. The van der Waals surface area contributed by atoms with Gasteiger partial charge < -0.3 is 5.73 Å². The first-order valence-corrected chi connectivity index (χ1v) is 5.84. The highest BCUT2D eigenvalue weighted by Gasteiger charge is 2.30. The molecule has 0 aliphatic rings. The van der Waals surface area contributed by atoms with Gasteiger partial charge in [-0.3, -0.25) is 0 Å². The molecular formula is C12H7Cl2F3N2. The van der Waals surface area contributed by atoms with Crippen LogP contribution in [0.15, 0.2) is 30.3 Å². The van der Waals surface area contributed by atoms with Gasteiger partial charge in [0.15, 0.2) is 0 Å². The van der Waals surface area contributed by atoms with Crippen LogP contribution in [0, 0.1) is 0 Å². The maximum atomic E-state index is 12.4. The van der Waals surface area contributed by atoms with Crippen molar-refractivity contribution in [3.8, 4) is 11.3 Å². The number of halogens is 5. The van der Waals surface area contributed by atoms with Crippen molar-refractivity contribution >= 4 is 29.0 Å². The van der Waals surface area contributed by atoms with Gasteiger partial charge in [0.2, 0.25) is 0 Å². The molecule has 2 N–H and O–H groups in total. The van der Waals surface area contributed by atoms with E-state index < -0.39 is 11.7 Å². The molecule has 0 atom stereocenters. The van der Waals surface area contributed by atoms with Gasteiger partial charge in [-0.1, -0.05) is 35.3 Å². The molecule has 100 valence electrons. The Hall–Kier alpha value is -1.46. The summed E-state index contributed by atoms with van der Waals surface area (Å²) in [5.74, 6) is 0.0703. The molecule has 0 spiro atoms. The summed E-state index contributed by atoms with van der Waals surface area (Å²) in [5, 5.41) is 0.416. The van der Waals surface area contributed by atoms with Crippen molar-refractivity contribution in [2.24, 2.45) is 0 Å². The number of alkyl halides is 3. The molecule has 2 rings (SSSR count). The number of pyridine rings is 1. The summed E-state index contributed by atoms with van der Waals surface area (Å²) in [7, 11) is 0. The third kappa shape index (κ3) is 2.93. The van der Waals surface area contributed by atoms with E-state index >= 15 is 0 Å². The van der Waals surface area contributed by atoms with E-state index in [2.05, 4.69) is 4.98 Å². The number of nitrogen functional groups attached to an aromatic ring is 1. The monoisotopic (exact) mass is 306 g/mol. The molecule has 1 aromatic heterocycles. The molecule has 2 aromatic rings. The Labute approximate surface area is 117 Å². The number of nitrogens with two attached hydrogens (primary N) is 1. The Morgan fingerprint density at radius 3 is 2.11 bits per heavy atom. The van der Waals surface area contributed by atoms with Crippen LogP contribution >= 0.6 is 23.2 Å². The van der Waals surface area contributed by atoms with Gasteiger partial charge in [0.1, 0.15) is 5.82 Å². The van der Waals surface area contributed by atoms with E-state index in [1.54, 1.807) is 0 Å². The first kappa shape index (κ1) is 14.0. The number of anilines is 1. The Morgan fingerprint density at radius 1 is 1.00 bits per heavy atom. The second-order valence-corrected chi connectivity index (χ2v) is 4.58. The zero-order valence-corrected chi connectivity index (χ0v) is 10.8. The van der Waals surface area contributed by atoms with Crippen LogP contribution in [0.3, 0.4) is 0 Å². The molecule has 7 heteroatoms. The van der Waals surface area contributed by atoms with E-state index in [0.717, 1.165) is 12.1 Å². The highest BCUT2D eigenvalue weighted by Crippen LogP contribution is 2.34. The van der Waals surface area contributed by atoms with Gasteiger partial charge in [0.25, 0.3) is 0 Å². The summed E-state index contributed by atoms with van der Waals surface area (Å²) in [6.07, 6.45) is -4.38. The van der Waals surface area contributed by atoms with Crippen molar-refractivity contribution in [3.63, 3.8) is 0 Å². The first-order chi connectivity index (χ1) is 8.79. The molecule has 0 amide bonds. The average Bonchev–Trinajstić information content (AvgIpc) is 2.33. The Morgan fingerprint density at radius 2 is 1.58 bits per heavy atom. The fourth-order valence-electron chi connectivity index (χ4n) is 1.50. The Kier molecular flexibility index (Phi) is 3.60. The zero-order chi connectivity index (χ0) is 14.2. The maximum absolute atomic E-state index is 12.4. The van der Waals surface area contributed by atoms with E-state index in [0.29, 0.717) is 5.56 Å². The molecule has 0 bridgehead atoms. The smallest absolute Gasteiger partial charge is 0.382 e. The molecule has 1 aromatic carbocycles. The largest absolute Gasteiger partial charge is 0.416 e. The molecule has 0 unspecified atom stereocenters. The highest BCUT2D eigenvalue weighted by atomic mass is 35.5. The number of benzene rings is 1. The molecule has 0 aliphatic carbocycles. The first-order valence-electron chi connectivity index (χ1n) is 5.08. The predicted octanol–water partition coefficient (Wildman–Crippen LogP) is 4.66. The van der Waals surface area contributed by atoms with Crippen molar-refractivity contribution in [1.82, 2.24) is 4.98 Å². The van der Waals surface area contributed by atoms with E-state index in [9.17, 15) is 13.2 Å². The molecule has 0 saturated carbocycles. The summed E-state index contributed by atoms with van der Waals surface area (Å²) in [6, 6.07) is 5.88. The maximum Gasteiger partial charge on any atom is 0.416 e. The van der Waals surface area contributed by atoms with E-state index in [4.69, 9.17) is 28.9 Å². The fourth-order valence-corrected chi connectivity index (χ4v) is 1.97. The molecule has 19 heavy (non-hydrogen) atoms. The summed E-state index contributed by atoms with van der Waals surface area (Å²) in [5.41, 5.74) is 5.52. The number of aromatic nitrogens is 1. The van der Waals surface area contributed by atoms with Crippen LogP contribution in [-0.4, -0.2) is 4.98 Å². The Balaban J connectivity index is 2.46. The zero-order valence-electron chi connectivity index (χ0n) is 9.30. The SMILES string of the molecule is Nc1nc(-c2ccc(C(F)(F)F)cc2)c(Cl)cc1Cl. The van der Waals surface area contributed by atoms with Gasteiger partial charge in [-0.05, 0) is 18.2 Å². The highest BCUT2D eigenvalue weighted by molar-refractivity contribution is 6.37. The molecule has 0 saturated heterocycles. The Bertz CT molecular complexity index is 610. The molecule has 2 nitrogen and oxygen atoms in total. The van der Waals surface area contributed by atoms with Crippen molar-refractivity contribution in [2.75, 3.05) is 5.73 Å². The minimum atomic E-state index is -4.38. The number of hydrogen-bond acceptors (Lipinski definition) is 2. The minimum Gasteiger partial charge on any atom is -0.382 e. The lowest BCUT2D eigenvalue weighted by Gasteiger charge is -2.09. The van der Waals surface area contributed by atoms with Gasteiger partial charge in [-0.15, -0.1) is 0 Å². The summed E-state index contributed by atoms with van der Waals surface area (Å²) in [6.45, 7) is 0. The summed E-state index contributed by atoms with van der Waals surface area (Å²) < 4.78 is 37.3. The quantitative estimate of drug-likeness (QED) is 0.832.